The molecule has 1 aliphatic rings. The molecular formula is C27H44N2O7S. The number of rotatable bonds is 16. The highest BCUT2D eigenvalue weighted by atomic mass is 32.2. The van der Waals surface area contributed by atoms with Crippen LogP contribution in [0.5, 0.6) is 0 Å². The highest BCUT2D eigenvalue weighted by Gasteiger charge is 2.39. The summed E-state index contributed by atoms with van der Waals surface area (Å²) in [7, 11) is 0. The summed E-state index contributed by atoms with van der Waals surface area (Å²) in [6, 6.07) is 0. The first kappa shape index (κ1) is 32.8. The molecule has 0 aliphatic carbocycles. The van der Waals surface area contributed by atoms with Crippen molar-refractivity contribution in [2.75, 3.05) is 25.4 Å². The van der Waals surface area contributed by atoms with Gasteiger partial charge in [-0.25, -0.2) is 0 Å². The van der Waals surface area contributed by atoms with Crippen LogP contribution < -0.4 is 5.32 Å². The van der Waals surface area contributed by atoms with Crippen LogP contribution in [0.4, 0.5) is 0 Å². The maximum Gasteiger partial charge on any atom is 0.313 e. The van der Waals surface area contributed by atoms with E-state index < -0.39 is 35.5 Å². The quantitative estimate of drug-likeness (QED) is 0.136. The van der Waals surface area contributed by atoms with Crippen molar-refractivity contribution >= 4 is 47.0 Å². The zero-order valence-electron chi connectivity index (χ0n) is 23.3. The Labute approximate surface area is 225 Å². The van der Waals surface area contributed by atoms with Crippen LogP contribution >= 0.6 is 11.8 Å². The number of thioether (sulfide) groups is 1. The Morgan fingerprint density at radius 2 is 1.51 bits per heavy atom. The molecule has 1 atom stereocenters. The zero-order chi connectivity index (χ0) is 28.2. The lowest BCUT2D eigenvalue weighted by atomic mass is 9.89. The van der Waals surface area contributed by atoms with Gasteiger partial charge in [-0.1, -0.05) is 41.5 Å². The van der Waals surface area contributed by atoms with Crippen LogP contribution in [-0.2, 0) is 33.5 Å². The molecule has 1 saturated heterocycles. The summed E-state index contributed by atoms with van der Waals surface area (Å²) in [6.07, 6.45) is 3.76. The molecule has 1 aliphatic heterocycles. The van der Waals surface area contributed by atoms with Gasteiger partial charge in [0.15, 0.2) is 0 Å². The minimum absolute atomic E-state index is 0.000253. The Kier molecular flexibility index (Phi) is 13.5. The van der Waals surface area contributed by atoms with Crippen molar-refractivity contribution in [3.05, 3.63) is 0 Å². The third-order valence-electron chi connectivity index (χ3n) is 5.74. The molecule has 210 valence electrons. The van der Waals surface area contributed by atoms with E-state index in [0.717, 1.165) is 35.9 Å². The predicted molar refractivity (Wildman–Crippen MR) is 143 cm³/mol. The van der Waals surface area contributed by atoms with E-state index >= 15 is 0 Å². The number of esters is 1. The molecule has 1 unspecified atom stereocenters. The topological polar surface area (TPSA) is 127 Å². The molecule has 1 heterocycles. The lowest BCUT2D eigenvalue weighted by molar-refractivity contribution is -0.146. The minimum Gasteiger partial charge on any atom is -0.463 e. The molecule has 1 N–H and O–H groups in total. The first-order valence-corrected chi connectivity index (χ1v) is 14.0. The highest BCUT2D eigenvalue weighted by Crippen LogP contribution is 2.26. The molecule has 9 nitrogen and oxygen atoms in total. The summed E-state index contributed by atoms with van der Waals surface area (Å²) in [6.45, 7) is 12.1. The van der Waals surface area contributed by atoms with Gasteiger partial charge < -0.3 is 10.1 Å². The summed E-state index contributed by atoms with van der Waals surface area (Å²) in [5, 5.41) is 1.84. The monoisotopic (exact) mass is 540 g/mol. The summed E-state index contributed by atoms with van der Waals surface area (Å²) in [5.74, 6) is -2.08. The molecule has 1 fully saturated rings. The second-order valence-corrected chi connectivity index (χ2v) is 13.2. The second-order valence-electron chi connectivity index (χ2n) is 12.0. The van der Waals surface area contributed by atoms with Gasteiger partial charge in [0, 0.05) is 19.3 Å². The Morgan fingerprint density at radius 3 is 2.08 bits per heavy atom. The van der Waals surface area contributed by atoms with Gasteiger partial charge in [-0.15, -0.1) is 11.8 Å². The molecule has 0 saturated carbocycles. The van der Waals surface area contributed by atoms with Crippen molar-refractivity contribution in [3.8, 4) is 0 Å². The third kappa shape index (κ3) is 14.9. The number of carbonyl (C=O) groups is 6. The SMILES string of the molecule is CC(C)(C)CCCC(=O)CSC1CC(=O)N(CC(=O)NCCOC(=O)CC(=O)CCCC(C)(C)C)C1=O. The van der Waals surface area contributed by atoms with Gasteiger partial charge in [0.1, 0.15) is 31.1 Å². The van der Waals surface area contributed by atoms with Gasteiger partial charge in [-0.05, 0) is 36.5 Å². The lowest BCUT2D eigenvalue weighted by Gasteiger charge is -2.17. The van der Waals surface area contributed by atoms with E-state index in [4.69, 9.17) is 4.74 Å². The molecule has 0 spiro atoms. The molecule has 0 aromatic heterocycles. The van der Waals surface area contributed by atoms with Crippen molar-refractivity contribution in [1.29, 1.82) is 0 Å². The van der Waals surface area contributed by atoms with Crippen molar-refractivity contribution < 1.29 is 33.5 Å². The van der Waals surface area contributed by atoms with Crippen molar-refractivity contribution in [2.24, 2.45) is 10.8 Å². The summed E-state index contributed by atoms with van der Waals surface area (Å²) < 4.78 is 4.98. The van der Waals surface area contributed by atoms with E-state index in [2.05, 4.69) is 46.9 Å². The molecule has 3 amide bonds. The summed E-state index contributed by atoms with van der Waals surface area (Å²) >= 11 is 1.15. The van der Waals surface area contributed by atoms with E-state index in [1.54, 1.807) is 0 Å². The van der Waals surface area contributed by atoms with Crippen LogP contribution in [0, 0.1) is 10.8 Å². The predicted octanol–water partition coefficient (Wildman–Crippen LogP) is 3.47. The number of ether oxygens (including phenoxy) is 1. The number of amides is 3. The first-order chi connectivity index (χ1) is 17.1. The van der Waals surface area contributed by atoms with Crippen LogP contribution in [0.3, 0.4) is 0 Å². The number of ketones is 2. The van der Waals surface area contributed by atoms with Gasteiger partial charge >= 0.3 is 5.97 Å². The van der Waals surface area contributed by atoms with Crippen molar-refractivity contribution in [3.63, 3.8) is 0 Å². The van der Waals surface area contributed by atoms with Gasteiger partial charge in [-0.2, -0.15) is 0 Å². The Balaban J connectivity index is 2.26. The maximum atomic E-state index is 12.6. The number of nitrogens with zero attached hydrogens (tertiary/aromatic N) is 1. The van der Waals surface area contributed by atoms with Crippen LogP contribution in [0.25, 0.3) is 0 Å². The van der Waals surface area contributed by atoms with Crippen LogP contribution in [0.15, 0.2) is 0 Å². The average Bonchev–Trinajstić information content (AvgIpc) is 3.01. The second kappa shape index (κ2) is 15.2. The number of nitrogens with one attached hydrogen (secondary N) is 1. The Morgan fingerprint density at radius 1 is 0.946 bits per heavy atom. The fourth-order valence-corrected chi connectivity index (χ4v) is 4.76. The molecule has 10 heteroatoms. The fraction of sp³-hybridized carbons (Fsp3) is 0.778. The van der Waals surface area contributed by atoms with Gasteiger partial charge in [0.25, 0.3) is 0 Å². The number of hydrogen-bond donors (Lipinski definition) is 1. The zero-order valence-corrected chi connectivity index (χ0v) is 24.1. The van der Waals surface area contributed by atoms with E-state index in [0.29, 0.717) is 19.3 Å². The molecule has 0 aromatic rings. The normalized spacial score (nSPS) is 16.2. The maximum absolute atomic E-state index is 12.6. The largest absolute Gasteiger partial charge is 0.463 e. The number of hydrogen-bond acceptors (Lipinski definition) is 8. The van der Waals surface area contributed by atoms with Gasteiger partial charge in [0.05, 0.1) is 17.5 Å². The molecule has 1 rings (SSSR count). The van der Waals surface area contributed by atoms with E-state index in [1.807, 2.05) is 0 Å². The Bertz CT molecular complexity index is 843. The van der Waals surface area contributed by atoms with Gasteiger partial charge in [-0.3, -0.25) is 33.7 Å². The third-order valence-corrected chi connectivity index (χ3v) is 7.00. The number of Topliss-reactive ketones (excluding diaryl/α,β-unsaturated/α-hetero) is 2. The number of carbonyl (C=O) groups excluding carboxylic acids is 6. The summed E-state index contributed by atoms with van der Waals surface area (Å²) in [5.41, 5.74) is 0.294. The number of imide groups is 1. The highest BCUT2D eigenvalue weighted by molar-refractivity contribution is 8.01. The average molecular weight is 541 g/mol. The number of likely N-dealkylation sites (tertiary alicyclic amines) is 1. The first-order valence-electron chi connectivity index (χ1n) is 13.0. The molecular weight excluding hydrogens is 496 g/mol. The van der Waals surface area contributed by atoms with E-state index in [1.165, 1.54) is 0 Å². The standard InChI is InChI=1S/C27H44N2O7S/c1-26(2,3)11-7-9-19(30)15-24(34)36-14-13-28-22(32)17-29-23(33)16-21(25(29)35)37-18-20(31)10-8-12-27(4,5)6/h21H,7-18H2,1-6H3,(H,28,32). The van der Waals surface area contributed by atoms with Crippen LogP contribution in [0.2, 0.25) is 0 Å². The fourth-order valence-electron chi connectivity index (χ4n) is 3.70. The van der Waals surface area contributed by atoms with Gasteiger partial charge in [0.2, 0.25) is 17.7 Å². The Hall–Kier alpha value is -2.23. The van der Waals surface area contributed by atoms with Crippen molar-refractivity contribution in [2.45, 2.75) is 98.2 Å². The molecule has 37 heavy (non-hydrogen) atoms. The minimum atomic E-state index is -0.659. The van der Waals surface area contributed by atoms with Crippen LogP contribution in [0.1, 0.15) is 92.9 Å². The van der Waals surface area contributed by atoms with Crippen LogP contribution in [-0.4, -0.2) is 70.9 Å². The molecule has 0 radical (unpaired) electrons. The van der Waals surface area contributed by atoms with E-state index in [-0.39, 0.29) is 54.1 Å². The van der Waals surface area contributed by atoms with E-state index in [9.17, 15) is 28.8 Å². The smallest absolute Gasteiger partial charge is 0.313 e. The lowest BCUT2D eigenvalue weighted by Crippen LogP contribution is -2.42. The molecule has 0 aromatic carbocycles. The van der Waals surface area contributed by atoms with Crippen molar-refractivity contribution in [1.82, 2.24) is 10.2 Å². The molecule has 0 bridgehead atoms. The summed E-state index contributed by atoms with van der Waals surface area (Å²) in [4.78, 5) is 73.6.